The molecule has 1 nitrogen and oxygen atoms in total. The fraction of sp³-hybridized carbons (Fsp3) is 0.895. The van der Waals surface area contributed by atoms with Crippen molar-refractivity contribution in [2.24, 2.45) is 17.8 Å². The molecule has 2 aliphatic carbocycles. The Morgan fingerprint density at radius 2 is 1.85 bits per heavy atom. The normalized spacial score (nSPS) is 39.3. The highest BCUT2D eigenvalue weighted by molar-refractivity contribution is 5.32. The molecule has 1 saturated heterocycles. The number of fused-ring (bicyclic) bond motifs is 1. The largest absolute Gasteiger partial charge is 0.364 e. The summed E-state index contributed by atoms with van der Waals surface area (Å²) in [5.41, 5.74) is 3.58. The second kappa shape index (κ2) is 4.87. The molecule has 3 unspecified atom stereocenters. The summed E-state index contributed by atoms with van der Waals surface area (Å²) in [5.74, 6) is 2.37. The van der Waals surface area contributed by atoms with Gasteiger partial charge in [-0.2, -0.15) is 0 Å². The molecule has 20 heavy (non-hydrogen) atoms. The number of allylic oxidation sites excluding steroid dienone is 1. The van der Waals surface area contributed by atoms with E-state index in [0.29, 0.717) is 0 Å². The van der Waals surface area contributed by atoms with Gasteiger partial charge in [0.15, 0.2) is 0 Å². The minimum atomic E-state index is 0.0927. The van der Waals surface area contributed by atoms with Gasteiger partial charge >= 0.3 is 0 Å². The number of hydrogen-bond donors (Lipinski definition) is 0. The van der Waals surface area contributed by atoms with Crippen LogP contribution in [0.15, 0.2) is 11.1 Å². The lowest BCUT2D eigenvalue weighted by atomic mass is 9.61. The van der Waals surface area contributed by atoms with Crippen molar-refractivity contribution < 1.29 is 4.74 Å². The second-order valence-electron chi connectivity index (χ2n) is 8.50. The second-order valence-corrected chi connectivity index (χ2v) is 8.50. The zero-order chi connectivity index (χ0) is 14.5. The standard InChI is InChI=1S/C19H32O/c1-13(2)6-11-17-14(3)7-8-15-9-10-16-12-19(15,17)20-18(16,4)5/h13,15-16H,6-12H2,1-5H3. The molecule has 114 valence electrons. The Kier molecular flexibility index (Phi) is 3.56. The van der Waals surface area contributed by atoms with E-state index in [0.717, 1.165) is 17.8 Å². The zero-order valence-electron chi connectivity index (χ0n) is 14.1. The molecular weight excluding hydrogens is 244 g/mol. The van der Waals surface area contributed by atoms with Gasteiger partial charge in [-0.15, -0.1) is 0 Å². The zero-order valence-corrected chi connectivity index (χ0v) is 14.1. The summed E-state index contributed by atoms with van der Waals surface area (Å²) in [6.07, 6.45) is 9.34. The van der Waals surface area contributed by atoms with Crippen molar-refractivity contribution in [2.45, 2.75) is 90.8 Å². The van der Waals surface area contributed by atoms with Crippen LogP contribution in [0.2, 0.25) is 0 Å². The average molecular weight is 276 g/mol. The van der Waals surface area contributed by atoms with E-state index in [1.807, 2.05) is 0 Å². The Morgan fingerprint density at radius 3 is 2.55 bits per heavy atom. The van der Waals surface area contributed by atoms with Gasteiger partial charge in [0.1, 0.15) is 0 Å². The van der Waals surface area contributed by atoms with E-state index in [2.05, 4.69) is 34.6 Å². The molecule has 1 spiro atoms. The third kappa shape index (κ3) is 2.17. The van der Waals surface area contributed by atoms with Crippen molar-refractivity contribution in [3.05, 3.63) is 11.1 Å². The van der Waals surface area contributed by atoms with Crippen LogP contribution in [0.3, 0.4) is 0 Å². The van der Waals surface area contributed by atoms with E-state index in [-0.39, 0.29) is 11.2 Å². The van der Waals surface area contributed by atoms with Gasteiger partial charge in [0.2, 0.25) is 0 Å². The van der Waals surface area contributed by atoms with Gasteiger partial charge < -0.3 is 4.74 Å². The van der Waals surface area contributed by atoms with Crippen molar-refractivity contribution in [3.8, 4) is 0 Å². The molecule has 0 aromatic rings. The molecule has 0 amide bonds. The molecule has 1 heteroatoms. The summed E-state index contributed by atoms with van der Waals surface area (Å²) < 4.78 is 6.82. The minimum Gasteiger partial charge on any atom is -0.364 e. The van der Waals surface area contributed by atoms with Crippen LogP contribution < -0.4 is 0 Å². The Bertz CT molecular complexity index is 417. The SMILES string of the molecule is CC1=C(CCC(C)C)C23CC(CCC2CC1)C(C)(C)O3. The first kappa shape index (κ1) is 14.6. The third-order valence-corrected chi connectivity index (χ3v) is 6.37. The molecule has 1 saturated carbocycles. The monoisotopic (exact) mass is 276 g/mol. The van der Waals surface area contributed by atoms with Crippen LogP contribution in [-0.4, -0.2) is 11.2 Å². The summed E-state index contributed by atoms with van der Waals surface area (Å²) in [6, 6.07) is 0. The van der Waals surface area contributed by atoms with Gasteiger partial charge in [0.05, 0.1) is 11.2 Å². The van der Waals surface area contributed by atoms with E-state index >= 15 is 0 Å². The third-order valence-electron chi connectivity index (χ3n) is 6.37. The highest BCUT2D eigenvalue weighted by Gasteiger charge is 2.59. The average Bonchev–Trinajstić information content (AvgIpc) is 2.55. The van der Waals surface area contributed by atoms with Crippen molar-refractivity contribution >= 4 is 0 Å². The summed E-state index contributed by atoms with van der Waals surface area (Å²) in [4.78, 5) is 0. The maximum atomic E-state index is 6.82. The predicted molar refractivity (Wildman–Crippen MR) is 84.7 cm³/mol. The minimum absolute atomic E-state index is 0.0927. The summed E-state index contributed by atoms with van der Waals surface area (Å²) in [6.45, 7) is 11.7. The maximum absolute atomic E-state index is 6.82. The molecule has 2 bridgehead atoms. The lowest BCUT2D eigenvalue weighted by Crippen LogP contribution is -2.45. The molecule has 1 heterocycles. The van der Waals surface area contributed by atoms with Crippen molar-refractivity contribution in [3.63, 3.8) is 0 Å². The highest BCUT2D eigenvalue weighted by Crippen LogP contribution is 2.60. The molecule has 2 fully saturated rings. The molecule has 3 atom stereocenters. The lowest BCUT2D eigenvalue weighted by Gasteiger charge is -2.46. The van der Waals surface area contributed by atoms with Crippen molar-refractivity contribution in [1.82, 2.24) is 0 Å². The van der Waals surface area contributed by atoms with Crippen LogP contribution in [0.25, 0.3) is 0 Å². The quantitative estimate of drug-likeness (QED) is 0.619. The molecular formula is C19H32O. The smallest absolute Gasteiger partial charge is 0.0933 e. The van der Waals surface area contributed by atoms with Crippen LogP contribution in [0.4, 0.5) is 0 Å². The first-order valence-electron chi connectivity index (χ1n) is 8.74. The number of rotatable bonds is 3. The summed E-state index contributed by atoms with van der Waals surface area (Å²) in [5, 5.41) is 0. The molecule has 0 radical (unpaired) electrons. The topological polar surface area (TPSA) is 9.23 Å². The van der Waals surface area contributed by atoms with E-state index in [9.17, 15) is 0 Å². The Hall–Kier alpha value is -0.300. The summed E-state index contributed by atoms with van der Waals surface area (Å²) in [7, 11) is 0. The fourth-order valence-corrected chi connectivity index (χ4v) is 5.11. The van der Waals surface area contributed by atoms with Crippen LogP contribution in [0.1, 0.15) is 79.6 Å². The maximum Gasteiger partial charge on any atom is 0.0933 e. The fourth-order valence-electron chi connectivity index (χ4n) is 5.11. The van der Waals surface area contributed by atoms with Crippen LogP contribution in [-0.2, 0) is 4.74 Å². The van der Waals surface area contributed by atoms with Crippen LogP contribution in [0.5, 0.6) is 0 Å². The van der Waals surface area contributed by atoms with E-state index in [4.69, 9.17) is 4.74 Å². The Labute approximate surface area is 125 Å². The van der Waals surface area contributed by atoms with Gasteiger partial charge in [0.25, 0.3) is 0 Å². The first-order valence-corrected chi connectivity index (χ1v) is 8.74. The first-order chi connectivity index (χ1) is 9.35. The van der Waals surface area contributed by atoms with E-state index in [1.54, 1.807) is 11.1 Å². The Balaban J connectivity index is 1.94. The lowest BCUT2D eigenvalue weighted by molar-refractivity contribution is -0.0989. The number of hydrogen-bond acceptors (Lipinski definition) is 1. The predicted octanol–water partition coefficient (Wildman–Crippen LogP) is 5.50. The van der Waals surface area contributed by atoms with Crippen LogP contribution >= 0.6 is 0 Å². The molecule has 0 aromatic carbocycles. The van der Waals surface area contributed by atoms with Gasteiger partial charge in [-0.05, 0) is 89.0 Å². The molecule has 3 aliphatic rings. The Morgan fingerprint density at radius 1 is 1.15 bits per heavy atom. The highest BCUT2D eigenvalue weighted by atomic mass is 16.5. The van der Waals surface area contributed by atoms with Gasteiger partial charge in [0, 0.05) is 0 Å². The summed E-state index contributed by atoms with van der Waals surface area (Å²) >= 11 is 0. The molecule has 3 rings (SSSR count). The van der Waals surface area contributed by atoms with Gasteiger partial charge in [-0.3, -0.25) is 0 Å². The van der Waals surface area contributed by atoms with E-state index < -0.39 is 0 Å². The van der Waals surface area contributed by atoms with Crippen molar-refractivity contribution in [2.75, 3.05) is 0 Å². The van der Waals surface area contributed by atoms with Gasteiger partial charge in [-0.25, -0.2) is 0 Å². The molecule has 0 N–H and O–H groups in total. The molecule has 1 aliphatic heterocycles. The van der Waals surface area contributed by atoms with Crippen LogP contribution in [0, 0.1) is 17.8 Å². The molecule has 0 aromatic heterocycles. The number of ether oxygens (including phenoxy) is 1. The van der Waals surface area contributed by atoms with E-state index in [1.165, 1.54) is 44.9 Å². The van der Waals surface area contributed by atoms with Crippen molar-refractivity contribution in [1.29, 1.82) is 0 Å². The van der Waals surface area contributed by atoms with Gasteiger partial charge in [-0.1, -0.05) is 19.4 Å².